The summed E-state index contributed by atoms with van der Waals surface area (Å²) < 4.78 is 26.0. The number of nitro benzene ring substituents is 1. The van der Waals surface area contributed by atoms with Crippen molar-refractivity contribution in [1.29, 1.82) is 0 Å². The minimum atomic E-state index is -2.27. The molecular formula is C44H52N8O6Si2. The van der Waals surface area contributed by atoms with E-state index in [1.807, 2.05) is 58.5 Å². The lowest BCUT2D eigenvalue weighted by Crippen LogP contribution is -2.44. The molecule has 0 radical (unpaired) electrons. The van der Waals surface area contributed by atoms with Crippen molar-refractivity contribution in [2.75, 3.05) is 15.8 Å². The van der Waals surface area contributed by atoms with E-state index in [4.69, 9.17) is 34.0 Å². The molecule has 0 aliphatic carbocycles. The van der Waals surface area contributed by atoms with Crippen molar-refractivity contribution in [2.45, 2.75) is 77.8 Å². The van der Waals surface area contributed by atoms with E-state index in [1.165, 1.54) is 36.9 Å². The molecule has 6 aromatic rings. The van der Waals surface area contributed by atoms with Crippen molar-refractivity contribution >= 4 is 51.0 Å². The number of hydrogen-bond acceptors (Lipinski definition) is 13. The average molecular weight is 845 g/mol. The third-order valence-electron chi connectivity index (χ3n) is 10.7. The Balaban J connectivity index is 1.55. The molecule has 4 aromatic carbocycles. The van der Waals surface area contributed by atoms with E-state index in [2.05, 4.69) is 77.7 Å². The Morgan fingerprint density at radius 3 is 1.35 bits per heavy atom. The first-order valence-corrected chi connectivity index (χ1v) is 25.3. The minimum absolute atomic E-state index is 0.0542. The van der Waals surface area contributed by atoms with Gasteiger partial charge in [-0.15, -0.1) is 0 Å². The highest BCUT2D eigenvalue weighted by atomic mass is 28.4. The number of hydrazine groups is 1. The summed E-state index contributed by atoms with van der Waals surface area (Å²) in [5.41, 5.74) is 7.84. The van der Waals surface area contributed by atoms with E-state index in [1.54, 1.807) is 36.4 Å². The zero-order valence-electron chi connectivity index (χ0n) is 35.7. The summed E-state index contributed by atoms with van der Waals surface area (Å²) in [5, 5.41) is 15.0. The van der Waals surface area contributed by atoms with Crippen LogP contribution in [-0.4, -0.2) is 41.5 Å². The third kappa shape index (κ3) is 10.2. The number of aromatic nitrogens is 4. The van der Waals surface area contributed by atoms with Gasteiger partial charge in [-0.25, -0.2) is 30.0 Å². The normalized spacial score (nSPS) is 12.0. The van der Waals surface area contributed by atoms with Crippen molar-refractivity contribution in [1.82, 2.24) is 19.9 Å². The molecule has 0 fully saturated rings. The molecule has 14 nitrogen and oxygen atoms in total. The smallest absolute Gasteiger partial charge is 0.269 e. The molecule has 0 amide bonds. The van der Waals surface area contributed by atoms with Gasteiger partial charge in [-0.2, -0.15) is 0 Å². The van der Waals surface area contributed by atoms with Crippen molar-refractivity contribution in [3.63, 3.8) is 0 Å². The van der Waals surface area contributed by atoms with E-state index in [0.717, 1.165) is 0 Å². The summed E-state index contributed by atoms with van der Waals surface area (Å²) in [6, 6.07) is 31.9. The van der Waals surface area contributed by atoms with Gasteiger partial charge >= 0.3 is 0 Å². The summed E-state index contributed by atoms with van der Waals surface area (Å²) in [4.78, 5) is 29.3. The Morgan fingerprint density at radius 2 is 0.967 bits per heavy atom. The zero-order chi connectivity index (χ0) is 43.5. The Kier molecular flexibility index (Phi) is 12.2. The zero-order valence-corrected chi connectivity index (χ0v) is 37.7. The molecule has 0 aliphatic rings. The van der Waals surface area contributed by atoms with E-state index in [9.17, 15) is 10.1 Å². The molecule has 0 saturated heterocycles. The first-order chi connectivity index (χ1) is 28.2. The van der Waals surface area contributed by atoms with Crippen LogP contribution in [0.1, 0.15) is 41.5 Å². The highest BCUT2D eigenvalue weighted by Crippen LogP contribution is 2.43. The molecule has 0 spiro atoms. The molecule has 6 rings (SSSR count). The van der Waals surface area contributed by atoms with Crippen molar-refractivity contribution < 1.29 is 23.2 Å². The number of rotatable bonds is 14. The summed E-state index contributed by atoms with van der Waals surface area (Å²) in [6.07, 6.45) is 2.83. The summed E-state index contributed by atoms with van der Waals surface area (Å²) >= 11 is 0. The van der Waals surface area contributed by atoms with Crippen LogP contribution in [0.3, 0.4) is 0 Å². The van der Waals surface area contributed by atoms with Gasteiger partial charge in [0.2, 0.25) is 28.4 Å². The van der Waals surface area contributed by atoms with Crippen LogP contribution in [-0.2, 0) is 0 Å². The topological polar surface area (TPSA) is 164 Å². The number of nitrogens with zero attached hydrogens (tertiary/aromatic N) is 7. The molecule has 0 bridgehead atoms. The molecule has 0 atom stereocenters. The number of nitrogens with two attached hydrogens (primary N) is 1. The summed E-state index contributed by atoms with van der Waals surface area (Å²) in [6.45, 7) is 22.0. The fraction of sp³-hybridized carbons (Fsp3) is 0.273. The SMILES string of the molecule is CC(C)(C)[Si](C)(C)Oc1cccc(N(c2cc(Oc3ccc(N)cc3)ncn2)N(c2cccc(O[Si](C)(C)C(C)(C)C)c2)c2cc(Oc3ccc([N+](=O)[O-])cc3)ncn2)c1. The number of hydrogen-bond donors (Lipinski definition) is 1. The monoisotopic (exact) mass is 844 g/mol. The lowest BCUT2D eigenvalue weighted by atomic mass is 10.2. The Hall–Kier alpha value is -6.53. The van der Waals surface area contributed by atoms with Crippen LogP contribution in [0.4, 0.5) is 34.4 Å². The fourth-order valence-electron chi connectivity index (χ4n) is 5.37. The largest absolute Gasteiger partial charge is 0.543 e. The first-order valence-electron chi connectivity index (χ1n) is 19.5. The maximum atomic E-state index is 11.3. The number of nitro groups is 1. The molecule has 2 N–H and O–H groups in total. The quantitative estimate of drug-likeness (QED) is 0.0477. The summed E-state index contributed by atoms with van der Waals surface area (Å²) in [7, 11) is -4.54. The van der Waals surface area contributed by atoms with E-state index in [-0.39, 0.29) is 27.5 Å². The molecule has 16 heteroatoms. The maximum Gasteiger partial charge on any atom is 0.269 e. The lowest BCUT2D eigenvalue weighted by molar-refractivity contribution is -0.384. The molecular weight excluding hydrogens is 793 g/mol. The highest BCUT2D eigenvalue weighted by Gasteiger charge is 2.40. The number of ether oxygens (including phenoxy) is 2. The van der Waals surface area contributed by atoms with Gasteiger partial charge in [0.15, 0.2) is 11.6 Å². The Labute approximate surface area is 353 Å². The predicted octanol–water partition coefficient (Wildman–Crippen LogP) is 12.0. The van der Waals surface area contributed by atoms with Gasteiger partial charge in [-0.1, -0.05) is 53.7 Å². The maximum absolute atomic E-state index is 11.3. The number of benzene rings is 4. The molecule has 2 heterocycles. The van der Waals surface area contributed by atoms with Gasteiger partial charge in [0.1, 0.15) is 35.7 Å². The van der Waals surface area contributed by atoms with Crippen LogP contribution in [0.2, 0.25) is 36.3 Å². The number of nitrogen functional groups attached to an aromatic ring is 1. The van der Waals surface area contributed by atoms with E-state index in [0.29, 0.717) is 51.7 Å². The van der Waals surface area contributed by atoms with Crippen molar-refractivity contribution in [2.24, 2.45) is 0 Å². The molecule has 0 aliphatic heterocycles. The molecule has 312 valence electrons. The van der Waals surface area contributed by atoms with E-state index >= 15 is 0 Å². The van der Waals surface area contributed by atoms with Crippen LogP contribution in [0.5, 0.6) is 34.8 Å². The molecule has 60 heavy (non-hydrogen) atoms. The molecule has 0 saturated carbocycles. The second kappa shape index (κ2) is 17.0. The number of non-ortho nitro benzene ring substituents is 1. The van der Waals surface area contributed by atoms with Crippen LogP contribution in [0, 0.1) is 10.1 Å². The third-order valence-corrected chi connectivity index (χ3v) is 19.5. The average Bonchev–Trinajstić information content (AvgIpc) is 3.17. The van der Waals surface area contributed by atoms with Crippen LogP contribution in [0.15, 0.2) is 122 Å². The van der Waals surface area contributed by atoms with Gasteiger partial charge in [-0.05, 0) is 96.9 Å². The summed E-state index contributed by atoms with van der Waals surface area (Å²) in [5.74, 6) is 3.56. The van der Waals surface area contributed by atoms with Gasteiger partial charge in [0.25, 0.3) is 5.69 Å². The van der Waals surface area contributed by atoms with Crippen LogP contribution < -0.4 is 34.1 Å². The second-order valence-electron chi connectivity index (χ2n) is 17.3. The predicted molar refractivity (Wildman–Crippen MR) is 241 cm³/mol. The Morgan fingerprint density at radius 1 is 0.567 bits per heavy atom. The standard InChI is InChI=1S/C44H52N8O6Si2/c1-43(2,3)59(7,8)57-37-15-11-13-33(25-37)50(39-27-41(48-29-46-39)55-35-21-17-31(45)18-22-35)51(34-14-12-16-38(26-34)58-60(9,10)44(4,5)6)40-28-42(49-30-47-40)56-36-23-19-32(20-24-36)52(53)54/h11-30H,45H2,1-10H3. The molecule has 0 unspecified atom stereocenters. The van der Waals surface area contributed by atoms with Crippen molar-refractivity contribution in [3.8, 4) is 34.8 Å². The first kappa shape index (κ1) is 43.1. The van der Waals surface area contributed by atoms with E-state index < -0.39 is 21.6 Å². The lowest BCUT2D eigenvalue weighted by Gasteiger charge is -2.39. The van der Waals surface area contributed by atoms with Gasteiger partial charge < -0.3 is 24.1 Å². The second-order valence-corrected chi connectivity index (χ2v) is 26.7. The fourth-order valence-corrected chi connectivity index (χ4v) is 7.41. The highest BCUT2D eigenvalue weighted by molar-refractivity contribution is 6.75. The van der Waals surface area contributed by atoms with Gasteiger partial charge in [-0.3, -0.25) is 10.1 Å². The molecule has 2 aromatic heterocycles. The number of anilines is 5. The Bertz CT molecular complexity index is 2440. The van der Waals surface area contributed by atoms with Crippen LogP contribution in [0.25, 0.3) is 0 Å². The van der Waals surface area contributed by atoms with Crippen LogP contribution >= 0.6 is 0 Å². The van der Waals surface area contributed by atoms with Gasteiger partial charge in [0.05, 0.1) is 16.3 Å². The van der Waals surface area contributed by atoms with Crippen molar-refractivity contribution in [3.05, 3.63) is 132 Å². The minimum Gasteiger partial charge on any atom is -0.543 e. The van der Waals surface area contributed by atoms with Gasteiger partial charge in [0, 0.05) is 42.1 Å².